The number of carbonyl (C=O) groups is 1. The number of carbonyl (C=O) groups excluding carboxylic acids is 1. The van der Waals surface area contributed by atoms with Gasteiger partial charge in [-0.05, 0) is 74.8 Å². The molecular weight excluding hydrogens is 429 g/mol. The summed E-state index contributed by atoms with van der Waals surface area (Å²) in [4.78, 5) is 17.0. The third-order valence-corrected chi connectivity index (χ3v) is 7.76. The molecule has 174 valence electrons. The molecule has 0 N–H and O–H groups in total. The molecule has 3 rings (SSSR count). The number of likely N-dealkylation sites (N-methyl/N-ethyl adjacent to an activating group) is 1. The minimum absolute atomic E-state index is 0.202. The van der Waals surface area contributed by atoms with Crippen LogP contribution in [0, 0.1) is 11.7 Å². The van der Waals surface area contributed by atoms with E-state index in [0.717, 1.165) is 12.8 Å². The van der Waals surface area contributed by atoms with E-state index in [-0.39, 0.29) is 23.2 Å². The van der Waals surface area contributed by atoms with Crippen molar-refractivity contribution in [2.24, 2.45) is 5.92 Å². The highest BCUT2D eigenvalue weighted by Gasteiger charge is 2.28. The molecule has 1 aliphatic rings. The Labute approximate surface area is 190 Å². The third-order valence-electron chi connectivity index (χ3n) is 5.85. The quantitative estimate of drug-likeness (QED) is 0.604. The van der Waals surface area contributed by atoms with E-state index in [1.807, 2.05) is 19.0 Å². The number of piperidine rings is 1. The second kappa shape index (κ2) is 10.6. The van der Waals surface area contributed by atoms with Crippen LogP contribution in [0.4, 0.5) is 4.39 Å². The summed E-state index contributed by atoms with van der Waals surface area (Å²) in [5, 5.41) is 0. The van der Waals surface area contributed by atoms with E-state index in [0.29, 0.717) is 43.2 Å². The maximum Gasteiger partial charge on any atom is 0.254 e. The first-order chi connectivity index (χ1) is 15.2. The molecule has 0 spiro atoms. The second-order valence-electron chi connectivity index (χ2n) is 8.77. The number of rotatable bonds is 8. The molecule has 1 fully saturated rings. The van der Waals surface area contributed by atoms with Crippen LogP contribution in [0.5, 0.6) is 0 Å². The molecule has 0 atom stereocenters. The number of hydrogen-bond donors (Lipinski definition) is 0. The molecule has 2 aromatic rings. The van der Waals surface area contributed by atoms with Gasteiger partial charge in [-0.15, -0.1) is 0 Å². The molecule has 0 aromatic heterocycles. The molecule has 32 heavy (non-hydrogen) atoms. The van der Waals surface area contributed by atoms with Crippen LogP contribution < -0.4 is 0 Å². The normalized spacial score (nSPS) is 15.8. The largest absolute Gasteiger partial charge is 0.333 e. The summed E-state index contributed by atoms with van der Waals surface area (Å²) in [7, 11) is 0.282. The molecule has 1 saturated heterocycles. The maximum atomic E-state index is 13.6. The fourth-order valence-corrected chi connectivity index (χ4v) is 5.22. The zero-order valence-electron chi connectivity index (χ0n) is 19.0. The highest BCUT2D eigenvalue weighted by molar-refractivity contribution is 7.89. The van der Waals surface area contributed by atoms with Gasteiger partial charge in [0.25, 0.3) is 5.91 Å². The maximum absolute atomic E-state index is 13.6. The Morgan fingerprint density at radius 2 is 1.72 bits per heavy atom. The average molecular weight is 462 g/mol. The number of halogens is 1. The van der Waals surface area contributed by atoms with Crippen LogP contribution in [0.15, 0.2) is 53.4 Å². The molecule has 1 heterocycles. The van der Waals surface area contributed by atoms with Gasteiger partial charge in [0.05, 0.1) is 4.90 Å². The van der Waals surface area contributed by atoms with Crippen molar-refractivity contribution in [1.82, 2.24) is 14.1 Å². The van der Waals surface area contributed by atoms with Crippen molar-refractivity contribution in [3.05, 3.63) is 65.5 Å². The first-order valence-corrected chi connectivity index (χ1v) is 12.4. The van der Waals surface area contributed by atoms with Gasteiger partial charge in [-0.1, -0.05) is 19.1 Å². The molecule has 2 aromatic carbocycles. The van der Waals surface area contributed by atoms with Gasteiger partial charge in [-0.3, -0.25) is 4.79 Å². The smallest absolute Gasteiger partial charge is 0.254 e. The van der Waals surface area contributed by atoms with E-state index in [9.17, 15) is 17.6 Å². The summed E-state index contributed by atoms with van der Waals surface area (Å²) in [6, 6.07) is 12.4. The van der Waals surface area contributed by atoms with Crippen LogP contribution in [0.25, 0.3) is 0 Å². The highest BCUT2D eigenvalue weighted by Crippen LogP contribution is 2.24. The molecule has 6 nitrogen and oxygen atoms in total. The van der Waals surface area contributed by atoms with Crippen LogP contribution in [-0.4, -0.2) is 68.7 Å². The molecule has 8 heteroatoms. The van der Waals surface area contributed by atoms with Gasteiger partial charge in [0, 0.05) is 38.3 Å². The number of benzene rings is 2. The van der Waals surface area contributed by atoms with Crippen molar-refractivity contribution in [3.63, 3.8) is 0 Å². The van der Waals surface area contributed by atoms with Crippen molar-refractivity contribution in [2.45, 2.75) is 31.2 Å². The van der Waals surface area contributed by atoms with E-state index in [1.165, 1.54) is 28.6 Å². The van der Waals surface area contributed by atoms with Gasteiger partial charge in [0.1, 0.15) is 5.82 Å². The standard InChI is InChI=1S/C24H32FN3O3S/c1-19-11-13-28(14-12-19)32(30,31)23-9-7-21(8-10-23)24(29)27(16-15-26(2)3)18-20-5-4-6-22(25)17-20/h4-10,17,19H,11-16,18H2,1-3H3. The first kappa shape index (κ1) is 24.4. The molecule has 0 aliphatic carbocycles. The van der Waals surface area contributed by atoms with Crippen molar-refractivity contribution in [1.29, 1.82) is 0 Å². The van der Waals surface area contributed by atoms with E-state index in [4.69, 9.17) is 0 Å². The molecule has 0 unspecified atom stereocenters. The van der Waals surface area contributed by atoms with Gasteiger partial charge in [-0.2, -0.15) is 4.31 Å². The van der Waals surface area contributed by atoms with E-state index < -0.39 is 10.0 Å². The van der Waals surface area contributed by atoms with Gasteiger partial charge >= 0.3 is 0 Å². The lowest BCUT2D eigenvalue weighted by Gasteiger charge is -2.29. The Morgan fingerprint density at radius 1 is 1.06 bits per heavy atom. The lowest BCUT2D eigenvalue weighted by Crippen LogP contribution is -2.38. The van der Waals surface area contributed by atoms with E-state index >= 15 is 0 Å². The predicted octanol–water partition coefficient (Wildman–Crippen LogP) is 3.45. The average Bonchev–Trinajstić information content (AvgIpc) is 2.76. The van der Waals surface area contributed by atoms with Crippen LogP contribution in [0.3, 0.4) is 0 Å². The van der Waals surface area contributed by atoms with Crippen LogP contribution >= 0.6 is 0 Å². The predicted molar refractivity (Wildman–Crippen MR) is 123 cm³/mol. The Kier molecular flexibility index (Phi) is 8.03. The van der Waals surface area contributed by atoms with E-state index in [2.05, 4.69) is 6.92 Å². The number of amides is 1. The molecule has 1 aliphatic heterocycles. The minimum atomic E-state index is -3.56. The second-order valence-corrected chi connectivity index (χ2v) is 10.7. The Bertz CT molecular complexity index is 1020. The fraction of sp³-hybridized carbons (Fsp3) is 0.458. The van der Waals surface area contributed by atoms with Gasteiger partial charge < -0.3 is 9.80 Å². The van der Waals surface area contributed by atoms with Crippen molar-refractivity contribution >= 4 is 15.9 Å². The lowest BCUT2D eigenvalue weighted by molar-refractivity contribution is 0.0731. The summed E-state index contributed by atoms with van der Waals surface area (Å²) in [6.45, 7) is 4.58. The Hall–Kier alpha value is -2.29. The zero-order valence-corrected chi connectivity index (χ0v) is 19.8. The summed E-state index contributed by atoms with van der Waals surface area (Å²) >= 11 is 0. The monoisotopic (exact) mass is 461 g/mol. The Balaban J connectivity index is 1.77. The van der Waals surface area contributed by atoms with Crippen LogP contribution in [0.1, 0.15) is 35.7 Å². The zero-order chi connectivity index (χ0) is 23.3. The molecule has 0 radical (unpaired) electrons. The topological polar surface area (TPSA) is 60.9 Å². The lowest BCUT2D eigenvalue weighted by atomic mass is 10.0. The summed E-state index contributed by atoms with van der Waals surface area (Å²) in [6.07, 6.45) is 1.72. The van der Waals surface area contributed by atoms with E-state index in [1.54, 1.807) is 29.2 Å². The minimum Gasteiger partial charge on any atom is -0.333 e. The van der Waals surface area contributed by atoms with Gasteiger partial charge in [0.15, 0.2) is 0 Å². The van der Waals surface area contributed by atoms with Crippen LogP contribution in [-0.2, 0) is 16.6 Å². The highest BCUT2D eigenvalue weighted by atomic mass is 32.2. The molecule has 0 saturated carbocycles. The Morgan fingerprint density at radius 3 is 2.31 bits per heavy atom. The fourth-order valence-electron chi connectivity index (χ4n) is 3.76. The number of nitrogens with zero attached hydrogens (tertiary/aromatic N) is 3. The summed E-state index contributed by atoms with van der Waals surface area (Å²) in [5.41, 5.74) is 1.11. The van der Waals surface area contributed by atoms with Gasteiger partial charge in [-0.25, -0.2) is 12.8 Å². The summed E-state index contributed by atoms with van der Waals surface area (Å²) in [5.74, 6) is -0.0243. The van der Waals surface area contributed by atoms with Crippen molar-refractivity contribution < 1.29 is 17.6 Å². The summed E-state index contributed by atoms with van der Waals surface area (Å²) < 4.78 is 41.0. The van der Waals surface area contributed by atoms with Gasteiger partial charge in [0.2, 0.25) is 10.0 Å². The van der Waals surface area contributed by atoms with Crippen LogP contribution in [0.2, 0.25) is 0 Å². The first-order valence-electron chi connectivity index (χ1n) is 11.0. The molecular formula is C24H32FN3O3S. The molecule has 1 amide bonds. The third kappa shape index (κ3) is 6.15. The molecule has 0 bridgehead atoms. The SMILES string of the molecule is CC1CCN(S(=O)(=O)c2ccc(C(=O)N(CCN(C)C)Cc3cccc(F)c3)cc2)CC1. The van der Waals surface area contributed by atoms with Crippen molar-refractivity contribution in [3.8, 4) is 0 Å². The number of hydrogen-bond acceptors (Lipinski definition) is 4. The van der Waals surface area contributed by atoms with Crippen molar-refractivity contribution in [2.75, 3.05) is 40.3 Å². The number of sulfonamides is 1.